The number of benzene rings is 1. The predicted octanol–water partition coefficient (Wildman–Crippen LogP) is 4.86. The van der Waals surface area contributed by atoms with Gasteiger partial charge in [-0.25, -0.2) is 4.98 Å². The lowest BCUT2D eigenvalue weighted by Crippen LogP contribution is -2.01. The Bertz CT molecular complexity index is 813. The molecule has 4 nitrogen and oxygen atoms in total. The van der Waals surface area contributed by atoms with Crippen LogP contribution >= 0.6 is 27.3 Å². The van der Waals surface area contributed by atoms with Crippen molar-refractivity contribution in [2.45, 2.75) is 13.8 Å². The molecule has 108 valence electrons. The van der Waals surface area contributed by atoms with Gasteiger partial charge in [0.25, 0.3) is 0 Å². The lowest BCUT2D eigenvalue weighted by molar-refractivity contribution is 1.20. The number of hydrogen-bond acceptors (Lipinski definition) is 5. The Hall–Kier alpha value is -1.66. The number of thiophene rings is 1. The molecule has 6 heteroatoms. The number of halogens is 1. The first kappa shape index (κ1) is 14.3. The van der Waals surface area contributed by atoms with Gasteiger partial charge in [0.05, 0.1) is 11.1 Å². The molecule has 2 N–H and O–H groups in total. The van der Waals surface area contributed by atoms with E-state index in [1.165, 1.54) is 10.4 Å². The normalized spacial score (nSPS) is 10.9. The highest BCUT2D eigenvalue weighted by atomic mass is 79.9. The van der Waals surface area contributed by atoms with Crippen LogP contribution in [-0.4, -0.2) is 17.0 Å². The van der Waals surface area contributed by atoms with Gasteiger partial charge in [0.1, 0.15) is 10.6 Å². The average molecular weight is 363 g/mol. The van der Waals surface area contributed by atoms with Crippen molar-refractivity contribution < 1.29 is 0 Å². The van der Waals surface area contributed by atoms with Crippen LogP contribution in [0.1, 0.15) is 10.4 Å². The predicted molar refractivity (Wildman–Crippen MR) is 93.9 cm³/mol. The Morgan fingerprint density at radius 3 is 2.71 bits per heavy atom. The fourth-order valence-corrected chi connectivity index (χ4v) is 3.34. The van der Waals surface area contributed by atoms with Gasteiger partial charge >= 0.3 is 0 Å². The minimum atomic E-state index is 0.621. The van der Waals surface area contributed by atoms with Crippen LogP contribution in [0.2, 0.25) is 0 Å². The lowest BCUT2D eigenvalue weighted by atomic mass is 10.2. The summed E-state index contributed by atoms with van der Waals surface area (Å²) in [5.74, 6) is 1.44. The van der Waals surface area contributed by atoms with E-state index < -0.39 is 0 Å². The number of aromatic nitrogens is 2. The van der Waals surface area contributed by atoms with E-state index in [-0.39, 0.29) is 0 Å². The topological polar surface area (TPSA) is 49.8 Å². The zero-order valence-electron chi connectivity index (χ0n) is 12.0. The lowest BCUT2D eigenvalue weighted by Gasteiger charge is -2.11. The van der Waals surface area contributed by atoms with Crippen LogP contribution < -0.4 is 10.6 Å². The maximum atomic E-state index is 4.55. The summed E-state index contributed by atoms with van der Waals surface area (Å²) in [6.07, 6.45) is 0. The van der Waals surface area contributed by atoms with Crippen LogP contribution in [0.25, 0.3) is 10.2 Å². The molecule has 21 heavy (non-hydrogen) atoms. The molecular weight excluding hydrogens is 348 g/mol. The quantitative estimate of drug-likeness (QED) is 0.698. The Labute approximate surface area is 135 Å². The molecule has 2 aromatic heterocycles. The summed E-state index contributed by atoms with van der Waals surface area (Å²) in [6.45, 7) is 4.15. The second-order valence-corrected chi connectivity index (χ2v) is 6.92. The number of rotatable bonds is 3. The number of nitrogens with zero attached hydrogens (tertiary/aromatic N) is 2. The van der Waals surface area contributed by atoms with Gasteiger partial charge in [-0.3, -0.25) is 0 Å². The van der Waals surface area contributed by atoms with Crippen LogP contribution in [0.5, 0.6) is 0 Å². The van der Waals surface area contributed by atoms with E-state index in [9.17, 15) is 0 Å². The standard InChI is InChI=1S/C15H15BrN4S/c1-8-4-5-11(16)12(6-8)18-13-10-7-9(2)21-14(10)20-15(17-3)19-13/h4-7H,1-3H3,(H2,17,18,19,20). The third-order valence-corrected chi connectivity index (χ3v) is 4.75. The summed E-state index contributed by atoms with van der Waals surface area (Å²) in [5.41, 5.74) is 2.20. The molecule has 0 aliphatic carbocycles. The second-order valence-electron chi connectivity index (χ2n) is 4.83. The van der Waals surface area contributed by atoms with Crippen molar-refractivity contribution in [1.82, 2.24) is 9.97 Å². The highest BCUT2D eigenvalue weighted by Crippen LogP contribution is 2.33. The van der Waals surface area contributed by atoms with Gasteiger partial charge in [0, 0.05) is 16.4 Å². The van der Waals surface area contributed by atoms with Gasteiger partial charge in [0.2, 0.25) is 5.95 Å². The smallest absolute Gasteiger partial charge is 0.225 e. The molecule has 0 atom stereocenters. The van der Waals surface area contributed by atoms with Crippen LogP contribution in [0.15, 0.2) is 28.7 Å². The van der Waals surface area contributed by atoms with Crippen molar-refractivity contribution in [1.29, 1.82) is 0 Å². The van der Waals surface area contributed by atoms with E-state index in [2.05, 4.69) is 68.6 Å². The molecule has 0 unspecified atom stereocenters. The molecule has 2 heterocycles. The maximum absolute atomic E-state index is 4.55. The van der Waals surface area contributed by atoms with E-state index in [0.29, 0.717) is 5.95 Å². The number of nitrogens with one attached hydrogen (secondary N) is 2. The minimum Gasteiger partial charge on any atom is -0.357 e. The fourth-order valence-electron chi connectivity index (χ4n) is 2.11. The number of aryl methyl sites for hydroxylation is 2. The van der Waals surface area contributed by atoms with Crippen molar-refractivity contribution in [3.63, 3.8) is 0 Å². The fraction of sp³-hybridized carbons (Fsp3) is 0.200. The van der Waals surface area contributed by atoms with Crippen molar-refractivity contribution in [3.8, 4) is 0 Å². The molecule has 3 aromatic rings. The molecule has 0 saturated carbocycles. The van der Waals surface area contributed by atoms with Gasteiger partial charge in [-0.15, -0.1) is 11.3 Å². The number of anilines is 3. The first-order valence-electron chi connectivity index (χ1n) is 6.56. The highest BCUT2D eigenvalue weighted by Gasteiger charge is 2.11. The second kappa shape index (κ2) is 5.61. The Balaban J connectivity index is 2.12. The zero-order chi connectivity index (χ0) is 15.0. The molecule has 0 aliphatic heterocycles. The summed E-state index contributed by atoms with van der Waals surface area (Å²) < 4.78 is 1.01. The highest BCUT2D eigenvalue weighted by molar-refractivity contribution is 9.10. The number of fused-ring (bicyclic) bond motifs is 1. The third-order valence-electron chi connectivity index (χ3n) is 3.11. The first-order chi connectivity index (χ1) is 10.1. The van der Waals surface area contributed by atoms with Crippen LogP contribution in [0, 0.1) is 13.8 Å². The van der Waals surface area contributed by atoms with E-state index >= 15 is 0 Å². The Morgan fingerprint density at radius 2 is 1.95 bits per heavy atom. The van der Waals surface area contributed by atoms with Crippen LogP contribution in [0.3, 0.4) is 0 Å². The van der Waals surface area contributed by atoms with Gasteiger partial charge in [0.15, 0.2) is 0 Å². The number of hydrogen-bond donors (Lipinski definition) is 2. The first-order valence-corrected chi connectivity index (χ1v) is 8.17. The van der Waals surface area contributed by atoms with Crippen LogP contribution in [-0.2, 0) is 0 Å². The monoisotopic (exact) mass is 362 g/mol. The van der Waals surface area contributed by atoms with Crippen molar-refractivity contribution in [3.05, 3.63) is 39.2 Å². The summed E-state index contributed by atoms with van der Waals surface area (Å²) >= 11 is 5.24. The summed E-state index contributed by atoms with van der Waals surface area (Å²) in [5, 5.41) is 7.47. The minimum absolute atomic E-state index is 0.621. The van der Waals surface area contributed by atoms with Crippen molar-refractivity contribution in [2.75, 3.05) is 17.7 Å². The molecule has 0 fully saturated rings. The summed E-state index contributed by atoms with van der Waals surface area (Å²) in [4.78, 5) is 11.3. The molecule has 0 radical (unpaired) electrons. The average Bonchev–Trinajstić information content (AvgIpc) is 2.83. The molecule has 0 spiro atoms. The molecular formula is C15H15BrN4S. The van der Waals surface area contributed by atoms with Crippen LogP contribution in [0.4, 0.5) is 17.5 Å². The molecule has 1 aromatic carbocycles. The summed E-state index contributed by atoms with van der Waals surface area (Å²) in [7, 11) is 1.83. The van der Waals surface area contributed by atoms with Gasteiger partial charge in [-0.2, -0.15) is 4.98 Å². The summed E-state index contributed by atoms with van der Waals surface area (Å²) in [6, 6.07) is 8.31. The molecule has 0 amide bonds. The van der Waals surface area contributed by atoms with Gasteiger partial charge in [-0.1, -0.05) is 6.07 Å². The molecule has 3 rings (SSSR count). The third kappa shape index (κ3) is 2.87. The molecule has 0 saturated heterocycles. The maximum Gasteiger partial charge on any atom is 0.225 e. The van der Waals surface area contributed by atoms with E-state index in [4.69, 9.17) is 0 Å². The molecule has 0 bridgehead atoms. The van der Waals surface area contributed by atoms with E-state index in [1.54, 1.807) is 11.3 Å². The van der Waals surface area contributed by atoms with Crippen molar-refractivity contribution in [2.24, 2.45) is 0 Å². The molecule has 0 aliphatic rings. The van der Waals surface area contributed by atoms with E-state index in [1.807, 2.05) is 13.1 Å². The largest absolute Gasteiger partial charge is 0.357 e. The van der Waals surface area contributed by atoms with Crippen molar-refractivity contribution >= 4 is 54.9 Å². The zero-order valence-corrected chi connectivity index (χ0v) is 14.4. The van der Waals surface area contributed by atoms with E-state index in [0.717, 1.165) is 26.2 Å². The Morgan fingerprint density at radius 1 is 1.14 bits per heavy atom. The van der Waals surface area contributed by atoms with Gasteiger partial charge in [-0.05, 0) is 53.5 Å². The Kier molecular flexibility index (Phi) is 3.82. The van der Waals surface area contributed by atoms with Gasteiger partial charge < -0.3 is 10.6 Å². The SMILES string of the molecule is CNc1nc(Nc2cc(C)ccc2Br)c2cc(C)sc2n1.